The van der Waals surface area contributed by atoms with Crippen LogP contribution in [-0.4, -0.2) is 19.7 Å². The van der Waals surface area contributed by atoms with Crippen molar-refractivity contribution in [3.05, 3.63) is 40.4 Å². The van der Waals surface area contributed by atoms with E-state index in [1.54, 1.807) is 0 Å². The number of hydrogen-bond donors (Lipinski definition) is 1. The normalized spacial score (nSPS) is 13.0. The first-order chi connectivity index (χ1) is 8.09. The van der Waals surface area contributed by atoms with Gasteiger partial charge in [0.15, 0.2) is 0 Å². The van der Waals surface area contributed by atoms with E-state index in [4.69, 9.17) is 0 Å². The summed E-state index contributed by atoms with van der Waals surface area (Å²) in [5.41, 5.74) is 1.16. The van der Waals surface area contributed by atoms with Crippen LogP contribution in [0, 0.1) is 5.82 Å². The molecule has 1 unspecified atom stereocenters. The molecule has 6 heteroatoms. The third-order valence-electron chi connectivity index (χ3n) is 2.38. The van der Waals surface area contributed by atoms with Crippen molar-refractivity contribution in [1.29, 1.82) is 0 Å². The number of aromatic nitrogens is 3. The van der Waals surface area contributed by atoms with E-state index in [2.05, 4.69) is 14.6 Å². The minimum Gasteiger partial charge on any atom is -0.383 e. The first-order valence-electron chi connectivity index (χ1n) is 5.20. The number of rotatable bonds is 3. The van der Waals surface area contributed by atoms with Gasteiger partial charge in [0.05, 0.1) is 16.8 Å². The zero-order valence-electron chi connectivity index (χ0n) is 9.46. The molecule has 2 rings (SSSR count). The Labute approximate surface area is 102 Å². The van der Waals surface area contributed by atoms with E-state index in [1.807, 2.05) is 13.8 Å². The Balaban J connectivity index is 2.37. The van der Waals surface area contributed by atoms with E-state index in [1.165, 1.54) is 12.3 Å². The van der Waals surface area contributed by atoms with Gasteiger partial charge in [0, 0.05) is 11.8 Å². The van der Waals surface area contributed by atoms with Gasteiger partial charge in [-0.15, -0.1) is 5.10 Å². The molecule has 2 aromatic heterocycles. The first kappa shape index (κ1) is 12.1. The molecule has 17 heavy (non-hydrogen) atoms. The topological polar surface area (TPSA) is 58.9 Å². The molecule has 0 fully saturated rings. The smallest absolute Gasteiger partial charge is 0.141 e. The zero-order valence-corrected chi connectivity index (χ0v) is 10.3. The van der Waals surface area contributed by atoms with Gasteiger partial charge < -0.3 is 5.11 Å². The maximum Gasteiger partial charge on any atom is 0.141 e. The molecule has 0 aliphatic heterocycles. The molecule has 0 bridgehead atoms. The fraction of sp³-hybridized carbons (Fsp3) is 0.364. The van der Waals surface area contributed by atoms with E-state index in [0.717, 1.165) is 23.4 Å². The van der Waals surface area contributed by atoms with E-state index in [0.29, 0.717) is 10.4 Å². The Bertz CT molecular complexity index is 515. The predicted molar refractivity (Wildman–Crippen MR) is 62.3 cm³/mol. The van der Waals surface area contributed by atoms with Gasteiger partial charge in [0.2, 0.25) is 0 Å². The van der Waals surface area contributed by atoms with Crippen LogP contribution in [0.15, 0.2) is 18.5 Å². The largest absolute Gasteiger partial charge is 0.383 e. The molecular weight excluding hydrogens is 241 g/mol. The van der Waals surface area contributed by atoms with Gasteiger partial charge in [-0.2, -0.15) is 0 Å². The number of hydrogen-bond acceptors (Lipinski definition) is 5. The van der Waals surface area contributed by atoms with Crippen LogP contribution in [0.3, 0.4) is 0 Å². The van der Waals surface area contributed by atoms with Crippen molar-refractivity contribution >= 4 is 11.5 Å². The average Bonchev–Trinajstić information content (AvgIpc) is 2.77. The summed E-state index contributed by atoms with van der Waals surface area (Å²) < 4.78 is 16.9. The second-order valence-corrected chi connectivity index (χ2v) is 4.80. The Morgan fingerprint density at radius 1 is 1.35 bits per heavy atom. The SMILES string of the molecule is CC(C)c1nnsc1C(O)c1cncc(F)c1. The molecule has 0 aromatic carbocycles. The Hall–Kier alpha value is -1.40. The number of aliphatic hydroxyl groups excluding tert-OH is 1. The molecule has 0 spiro atoms. The van der Waals surface area contributed by atoms with Crippen LogP contribution in [0.5, 0.6) is 0 Å². The standard InChI is InChI=1S/C11H12FN3OS/c1-6(2)9-11(17-15-14-9)10(16)7-3-8(12)5-13-4-7/h3-6,10,16H,1-2H3. The van der Waals surface area contributed by atoms with Crippen LogP contribution in [0.4, 0.5) is 4.39 Å². The lowest BCUT2D eigenvalue weighted by Crippen LogP contribution is -2.03. The zero-order chi connectivity index (χ0) is 12.4. The second kappa shape index (κ2) is 4.85. The van der Waals surface area contributed by atoms with Gasteiger partial charge in [-0.05, 0) is 23.5 Å². The van der Waals surface area contributed by atoms with Crippen molar-refractivity contribution in [1.82, 2.24) is 14.6 Å². The van der Waals surface area contributed by atoms with E-state index >= 15 is 0 Å². The average molecular weight is 253 g/mol. The maximum atomic E-state index is 13.0. The molecule has 0 saturated carbocycles. The lowest BCUT2D eigenvalue weighted by molar-refractivity contribution is 0.221. The van der Waals surface area contributed by atoms with Crippen molar-refractivity contribution in [2.75, 3.05) is 0 Å². The van der Waals surface area contributed by atoms with Crippen molar-refractivity contribution in [3.63, 3.8) is 0 Å². The molecule has 1 atom stereocenters. The predicted octanol–water partition coefficient (Wildman–Crippen LogP) is 2.28. The molecule has 2 aromatic rings. The highest BCUT2D eigenvalue weighted by Crippen LogP contribution is 2.30. The molecule has 4 nitrogen and oxygen atoms in total. The van der Waals surface area contributed by atoms with Gasteiger partial charge in [0.1, 0.15) is 11.9 Å². The molecule has 90 valence electrons. The Kier molecular flexibility index (Phi) is 3.44. The van der Waals surface area contributed by atoms with Gasteiger partial charge in [0.25, 0.3) is 0 Å². The number of pyridine rings is 1. The maximum absolute atomic E-state index is 13.0. The minimum atomic E-state index is -0.921. The molecule has 2 heterocycles. The van der Waals surface area contributed by atoms with Gasteiger partial charge in [-0.25, -0.2) is 4.39 Å². The summed E-state index contributed by atoms with van der Waals surface area (Å²) >= 11 is 1.13. The van der Waals surface area contributed by atoms with Crippen LogP contribution < -0.4 is 0 Å². The third kappa shape index (κ3) is 2.48. The summed E-state index contributed by atoms with van der Waals surface area (Å²) in [6, 6.07) is 1.27. The first-order valence-corrected chi connectivity index (χ1v) is 5.97. The van der Waals surface area contributed by atoms with E-state index in [9.17, 15) is 9.50 Å². The van der Waals surface area contributed by atoms with E-state index < -0.39 is 11.9 Å². The third-order valence-corrected chi connectivity index (χ3v) is 3.17. The highest BCUT2D eigenvalue weighted by atomic mass is 32.1. The monoisotopic (exact) mass is 253 g/mol. The van der Waals surface area contributed by atoms with Crippen LogP contribution >= 0.6 is 11.5 Å². The summed E-state index contributed by atoms with van der Waals surface area (Å²) in [5.74, 6) is -0.301. The molecule has 1 N–H and O–H groups in total. The lowest BCUT2D eigenvalue weighted by atomic mass is 10.0. The van der Waals surface area contributed by atoms with Crippen molar-refractivity contribution in [2.24, 2.45) is 0 Å². The van der Waals surface area contributed by atoms with Gasteiger partial charge >= 0.3 is 0 Å². The van der Waals surface area contributed by atoms with Crippen molar-refractivity contribution < 1.29 is 9.50 Å². The summed E-state index contributed by atoms with van der Waals surface area (Å²) in [6.07, 6.45) is 1.62. The minimum absolute atomic E-state index is 0.167. The summed E-state index contributed by atoms with van der Waals surface area (Å²) in [6.45, 7) is 3.94. The molecule has 0 aliphatic carbocycles. The van der Waals surface area contributed by atoms with Crippen molar-refractivity contribution in [2.45, 2.75) is 25.9 Å². The van der Waals surface area contributed by atoms with Gasteiger partial charge in [-0.1, -0.05) is 18.3 Å². The van der Waals surface area contributed by atoms with Gasteiger partial charge in [-0.3, -0.25) is 4.98 Å². The van der Waals surface area contributed by atoms with Crippen LogP contribution in [0.1, 0.15) is 42.0 Å². The Morgan fingerprint density at radius 3 is 2.76 bits per heavy atom. The highest BCUT2D eigenvalue weighted by molar-refractivity contribution is 7.05. The molecule has 0 saturated heterocycles. The summed E-state index contributed by atoms with van der Waals surface area (Å²) in [5, 5.41) is 14.1. The Morgan fingerprint density at radius 2 is 2.12 bits per heavy atom. The quantitative estimate of drug-likeness (QED) is 0.911. The number of aliphatic hydroxyl groups is 1. The molecular formula is C11H12FN3OS. The lowest BCUT2D eigenvalue weighted by Gasteiger charge is -2.11. The summed E-state index contributed by atoms with van der Waals surface area (Å²) in [4.78, 5) is 4.36. The summed E-state index contributed by atoms with van der Waals surface area (Å²) in [7, 11) is 0. The van der Waals surface area contributed by atoms with Crippen LogP contribution in [-0.2, 0) is 0 Å². The molecule has 0 radical (unpaired) electrons. The van der Waals surface area contributed by atoms with Crippen molar-refractivity contribution in [3.8, 4) is 0 Å². The highest BCUT2D eigenvalue weighted by Gasteiger charge is 2.21. The number of nitrogens with zero attached hydrogens (tertiary/aromatic N) is 3. The van der Waals surface area contributed by atoms with Crippen LogP contribution in [0.2, 0.25) is 0 Å². The fourth-order valence-corrected chi connectivity index (χ4v) is 2.35. The fourth-order valence-electron chi connectivity index (χ4n) is 1.52. The molecule has 0 aliphatic rings. The second-order valence-electron chi connectivity index (χ2n) is 4.02. The van der Waals surface area contributed by atoms with Crippen LogP contribution in [0.25, 0.3) is 0 Å². The number of halogens is 1. The molecule has 0 amide bonds. The van der Waals surface area contributed by atoms with E-state index in [-0.39, 0.29) is 5.92 Å².